The smallest absolute Gasteiger partial charge is 0.259 e. The van der Waals surface area contributed by atoms with Gasteiger partial charge < -0.3 is 14.8 Å². The summed E-state index contributed by atoms with van der Waals surface area (Å²) in [6.07, 6.45) is -0.0193. The number of anilines is 1. The fraction of sp³-hybridized carbons (Fsp3) is 0.278. The largest absolute Gasteiger partial charge is 0.490 e. The lowest BCUT2D eigenvalue weighted by molar-refractivity contribution is 0.102. The maximum absolute atomic E-state index is 12.6. The Bertz CT molecular complexity index is 686. The van der Waals surface area contributed by atoms with Crippen molar-refractivity contribution in [2.45, 2.75) is 26.9 Å². The number of carbonyl (C=O) groups is 1. The molecular weight excluding hydrogens is 314 g/mol. The summed E-state index contributed by atoms with van der Waals surface area (Å²) < 4.78 is 11.2. The minimum absolute atomic E-state index is 0.0193. The molecule has 0 unspecified atom stereocenters. The van der Waals surface area contributed by atoms with E-state index < -0.39 is 0 Å². The molecular formula is C18H20ClNO3. The van der Waals surface area contributed by atoms with Gasteiger partial charge in [-0.05, 0) is 45.0 Å². The highest BCUT2D eigenvalue weighted by Crippen LogP contribution is 2.33. The molecule has 2 rings (SSSR count). The molecule has 0 radical (unpaired) electrons. The second kappa shape index (κ2) is 7.88. The molecule has 0 atom stereocenters. The molecule has 1 N–H and O–H groups in total. The zero-order valence-electron chi connectivity index (χ0n) is 13.4. The van der Waals surface area contributed by atoms with Gasteiger partial charge in [0.1, 0.15) is 5.75 Å². The number of para-hydroxylation sites is 2. The molecule has 0 spiro atoms. The van der Waals surface area contributed by atoms with E-state index in [9.17, 15) is 4.79 Å². The molecule has 0 saturated carbocycles. The number of amides is 1. The topological polar surface area (TPSA) is 47.6 Å². The highest BCUT2D eigenvalue weighted by atomic mass is 35.5. The Morgan fingerprint density at radius 1 is 1.17 bits per heavy atom. The predicted molar refractivity (Wildman–Crippen MR) is 92.8 cm³/mol. The van der Waals surface area contributed by atoms with Crippen LogP contribution in [-0.2, 0) is 0 Å². The molecule has 0 saturated heterocycles. The van der Waals surface area contributed by atoms with E-state index in [0.29, 0.717) is 34.4 Å². The van der Waals surface area contributed by atoms with Crippen LogP contribution in [0.3, 0.4) is 0 Å². The van der Waals surface area contributed by atoms with E-state index in [-0.39, 0.29) is 12.0 Å². The van der Waals surface area contributed by atoms with Crippen molar-refractivity contribution >= 4 is 23.2 Å². The van der Waals surface area contributed by atoms with Gasteiger partial charge in [-0.25, -0.2) is 0 Å². The maximum Gasteiger partial charge on any atom is 0.259 e. The lowest BCUT2D eigenvalue weighted by Gasteiger charge is -2.16. The minimum Gasteiger partial charge on any atom is -0.490 e. The monoisotopic (exact) mass is 333 g/mol. The Morgan fingerprint density at radius 2 is 1.91 bits per heavy atom. The van der Waals surface area contributed by atoms with E-state index in [4.69, 9.17) is 21.1 Å². The molecule has 1 amide bonds. The summed E-state index contributed by atoms with van der Waals surface area (Å²) in [5.74, 6) is 0.733. The summed E-state index contributed by atoms with van der Waals surface area (Å²) in [4.78, 5) is 12.6. The summed E-state index contributed by atoms with van der Waals surface area (Å²) in [5, 5.41) is 3.29. The number of ether oxygens (including phenoxy) is 2. The number of rotatable bonds is 6. The first-order valence-corrected chi connectivity index (χ1v) is 7.89. The van der Waals surface area contributed by atoms with Crippen molar-refractivity contribution in [2.24, 2.45) is 0 Å². The van der Waals surface area contributed by atoms with Gasteiger partial charge >= 0.3 is 0 Å². The molecule has 0 heterocycles. The fourth-order valence-electron chi connectivity index (χ4n) is 2.10. The van der Waals surface area contributed by atoms with E-state index in [1.807, 2.05) is 26.8 Å². The maximum atomic E-state index is 12.6. The third kappa shape index (κ3) is 4.39. The van der Waals surface area contributed by atoms with Crippen molar-refractivity contribution in [3.8, 4) is 11.5 Å². The molecule has 5 heteroatoms. The van der Waals surface area contributed by atoms with Crippen LogP contribution in [0.25, 0.3) is 0 Å². The van der Waals surface area contributed by atoms with Crippen molar-refractivity contribution in [1.82, 2.24) is 0 Å². The van der Waals surface area contributed by atoms with Crippen LogP contribution in [0.5, 0.6) is 11.5 Å². The number of benzene rings is 2. The average Bonchev–Trinajstić information content (AvgIpc) is 2.50. The molecule has 0 aromatic heterocycles. The molecule has 2 aromatic rings. The minimum atomic E-state index is -0.274. The van der Waals surface area contributed by atoms with Crippen LogP contribution in [0.1, 0.15) is 31.1 Å². The van der Waals surface area contributed by atoms with Gasteiger partial charge in [-0.2, -0.15) is 0 Å². The van der Waals surface area contributed by atoms with Gasteiger partial charge in [0, 0.05) is 0 Å². The SMILES string of the molecule is CCOc1c(Cl)cccc1NC(=O)c1ccccc1OC(C)C. The first-order valence-electron chi connectivity index (χ1n) is 7.51. The van der Waals surface area contributed by atoms with Gasteiger partial charge in [0.15, 0.2) is 5.75 Å². The Balaban J connectivity index is 2.28. The van der Waals surface area contributed by atoms with Crippen LogP contribution in [0.4, 0.5) is 5.69 Å². The van der Waals surface area contributed by atoms with Gasteiger partial charge in [-0.15, -0.1) is 0 Å². The fourth-order valence-corrected chi connectivity index (χ4v) is 2.33. The molecule has 2 aromatic carbocycles. The molecule has 122 valence electrons. The quantitative estimate of drug-likeness (QED) is 0.827. The molecule has 23 heavy (non-hydrogen) atoms. The van der Waals surface area contributed by atoms with Gasteiger partial charge in [-0.3, -0.25) is 4.79 Å². The van der Waals surface area contributed by atoms with Crippen LogP contribution in [0.2, 0.25) is 5.02 Å². The van der Waals surface area contributed by atoms with E-state index in [0.717, 1.165) is 0 Å². The van der Waals surface area contributed by atoms with Crippen molar-refractivity contribution in [3.05, 3.63) is 53.1 Å². The zero-order valence-corrected chi connectivity index (χ0v) is 14.2. The number of halogens is 1. The zero-order chi connectivity index (χ0) is 16.8. The predicted octanol–water partition coefficient (Wildman–Crippen LogP) is 4.78. The lowest BCUT2D eigenvalue weighted by atomic mass is 10.1. The average molecular weight is 334 g/mol. The van der Waals surface area contributed by atoms with Gasteiger partial charge in [0.25, 0.3) is 5.91 Å². The summed E-state index contributed by atoms with van der Waals surface area (Å²) in [6.45, 7) is 6.15. The lowest BCUT2D eigenvalue weighted by Crippen LogP contribution is -2.16. The number of hydrogen-bond acceptors (Lipinski definition) is 3. The number of hydrogen-bond donors (Lipinski definition) is 1. The Kier molecular flexibility index (Phi) is 5.88. The summed E-state index contributed by atoms with van der Waals surface area (Å²) >= 11 is 6.14. The van der Waals surface area contributed by atoms with Gasteiger partial charge in [0.2, 0.25) is 0 Å². The first kappa shape index (κ1) is 17.2. The van der Waals surface area contributed by atoms with Crippen molar-refractivity contribution in [1.29, 1.82) is 0 Å². The van der Waals surface area contributed by atoms with Crippen molar-refractivity contribution in [3.63, 3.8) is 0 Å². The molecule has 0 aliphatic rings. The van der Waals surface area contributed by atoms with Crippen molar-refractivity contribution < 1.29 is 14.3 Å². The molecule has 0 bridgehead atoms. The molecule has 0 aliphatic carbocycles. The van der Waals surface area contributed by atoms with E-state index in [2.05, 4.69) is 5.32 Å². The van der Waals surface area contributed by atoms with Crippen LogP contribution in [0.15, 0.2) is 42.5 Å². The van der Waals surface area contributed by atoms with Crippen molar-refractivity contribution in [2.75, 3.05) is 11.9 Å². The highest BCUT2D eigenvalue weighted by Gasteiger charge is 2.16. The van der Waals surface area contributed by atoms with Gasteiger partial charge in [0.05, 0.1) is 29.0 Å². The van der Waals surface area contributed by atoms with E-state index in [1.54, 1.807) is 36.4 Å². The molecule has 0 aliphatic heterocycles. The molecule has 4 nitrogen and oxygen atoms in total. The molecule has 0 fully saturated rings. The Morgan fingerprint density at radius 3 is 2.61 bits per heavy atom. The second-order valence-corrected chi connectivity index (χ2v) is 5.57. The van der Waals surface area contributed by atoms with Crippen LogP contribution in [-0.4, -0.2) is 18.6 Å². The number of nitrogens with one attached hydrogen (secondary N) is 1. The summed E-state index contributed by atoms with van der Waals surface area (Å²) in [7, 11) is 0. The number of carbonyl (C=O) groups excluding carboxylic acids is 1. The van der Waals surface area contributed by atoms with Crippen LogP contribution in [0, 0.1) is 0 Å². The van der Waals surface area contributed by atoms with Crippen LogP contribution >= 0.6 is 11.6 Å². The summed E-state index contributed by atoms with van der Waals surface area (Å²) in [6, 6.07) is 12.4. The third-order valence-electron chi connectivity index (χ3n) is 3.00. The van der Waals surface area contributed by atoms with E-state index in [1.165, 1.54) is 0 Å². The summed E-state index contributed by atoms with van der Waals surface area (Å²) in [5.41, 5.74) is 0.993. The van der Waals surface area contributed by atoms with Gasteiger partial charge in [-0.1, -0.05) is 29.8 Å². The Hall–Kier alpha value is -2.20. The normalized spacial score (nSPS) is 10.5. The highest BCUT2D eigenvalue weighted by molar-refractivity contribution is 6.32. The van der Waals surface area contributed by atoms with Crippen LogP contribution < -0.4 is 14.8 Å². The van der Waals surface area contributed by atoms with E-state index >= 15 is 0 Å². The second-order valence-electron chi connectivity index (χ2n) is 5.17. The Labute approximate surface area is 141 Å². The first-order chi connectivity index (χ1) is 11.0. The standard InChI is InChI=1S/C18H20ClNO3/c1-4-22-17-14(19)9-7-10-15(17)20-18(21)13-8-5-6-11-16(13)23-12(2)3/h5-12H,4H2,1-3H3,(H,20,21). The third-order valence-corrected chi connectivity index (χ3v) is 3.30.